The van der Waals surface area contributed by atoms with Crippen LogP contribution in [0.4, 0.5) is 0 Å². The Bertz CT molecular complexity index is 1770. The van der Waals surface area contributed by atoms with Crippen molar-refractivity contribution in [3.8, 4) is 11.1 Å². The van der Waals surface area contributed by atoms with Gasteiger partial charge < -0.3 is 35.8 Å². The molecule has 0 saturated carbocycles. The van der Waals surface area contributed by atoms with E-state index in [4.69, 9.17) is 4.74 Å². The third-order valence-corrected chi connectivity index (χ3v) is 9.77. The van der Waals surface area contributed by atoms with Crippen LogP contribution in [0.25, 0.3) is 11.1 Å². The summed E-state index contributed by atoms with van der Waals surface area (Å²) in [5, 5.41) is 19.8. The molecule has 2 aliphatic rings. The number of hydrogen-bond acceptors (Lipinski definition) is 9. The molecule has 4 N–H and O–H groups in total. The molecule has 2 bridgehead atoms. The van der Waals surface area contributed by atoms with Crippen LogP contribution >= 0.6 is 0 Å². The van der Waals surface area contributed by atoms with Crippen LogP contribution in [0, 0.1) is 11.3 Å². The molecule has 15 heteroatoms. The van der Waals surface area contributed by atoms with Crippen LogP contribution in [0.15, 0.2) is 60.8 Å². The van der Waals surface area contributed by atoms with E-state index in [1.54, 1.807) is 25.2 Å². The highest BCUT2D eigenvalue weighted by Gasteiger charge is 2.45. The lowest BCUT2D eigenvalue weighted by molar-refractivity contribution is -0.144. The number of likely N-dealkylation sites (N-methyl/N-ethyl adjacent to an activating group) is 2. The zero-order valence-electron chi connectivity index (χ0n) is 32.0. The van der Waals surface area contributed by atoms with E-state index in [-0.39, 0.29) is 50.5 Å². The maximum atomic E-state index is 14.4. The summed E-state index contributed by atoms with van der Waals surface area (Å²) in [5.74, 6) is -2.22. The SMILES string of the molecule is CNC[C@H]1NC(=O)CNC(=O)[C@@H](Cc2ccc(-c3ccccc3)cc2)NC(=O)[C@@H]2C[C@@H](C)CN2C(=O)[C@H](C(C)(C)C)n2cc(nn2)COCCN(C)C1=O. The summed E-state index contributed by atoms with van der Waals surface area (Å²) in [6.07, 6.45) is 2.21. The first-order valence-corrected chi connectivity index (χ1v) is 18.5. The number of amides is 5. The Labute approximate surface area is 316 Å². The number of aromatic nitrogens is 3. The molecular formula is C39H53N9O6. The third-order valence-electron chi connectivity index (χ3n) is 9.77. The van der Waals surface area contributed by atoms with Crippen molar-refractivity contribution in [2.75, 3.05) is 46.9 Å². The Morgan fingerprint density at radius 1 is 0.907 bits per heavy atom. The van der Waals surface area contributed by atoms with Gasteiger partial charge in [-0.05, 0) is 41.5 Å². The number of rotatable bonds is 5. The first-order valence-electron chi connectivity index (χ1n) is 18.5. The zero-order chi connectivity index (χ0) is 39.0. The Kier molecular flexibility index (Phi) is 13.2. The van der Waals surface area contributed by atoms with Crippen molar-refractivity contribution in [1.29, 1.82) is 0 Å². The number of carbonyl (C=O) groups is 5. The molecule has 1 aromatic heterocycles. The highest BCUT2D eigenvalue weighted by molar-refractivity contribution is 5.95. The van der Waals surface area contributed by atoms with Gasteiger partial charge in [0.1, 0.15) is 29.9 Å². The Morgan fingerprint density at radius 3 is 2.30 bits per heavy atom. The summed E-state index contributed by atoms with van der Waals surface area (Å²) in [6, 6.07) is 14.0. The summed E-state index contributed by atoms with van der Waals surface area (Å²) < 4.78 is 7.33. The van der Waals surface area contributed by atoms with E-state index in [1.165, 1.54) is 9.58 Å². The topological polar surface area (TPSA) is 180 Å². The maximum absolute atomic E-state index is 14.4. The molecular weight excluding hydrogens is 690 g/mol. The van der Waals surface area contributed by atoms with E-state index in [1.807, 2.05) is 82.3 Å². The van der Waals surface area contributed by atoms with Gasteiger partial charge in [-0.15, -0.1) is 5.10 Å². The molecule has 0 aliphatic carbocycles. The number of benzene rings is 2. The summed E-state index contributed by atoms with van der Waals surface area (Å²) >= 11 is 0. The molecule has 3 heterocycles. The van der Waals surface area contributed by atoms with Gasteiger partial charge in [0.15, 0.2) is 0 Å². The predicted octanol–water partition coefficient (Wildman–Crippen LogP) is 1.31. The van der Waals surface area contributed by atoms with Gasteiger partial charge in [-0.2, -0.15) is 0 Å². The van der Waals surface area contributed by atoms with Gasteiger partial charge in [-0.25, -0.2) is 4.68 Å². The minimum absolute atomic E-state index is 0.0207. The van der Waals surface area contributed by atoms with Crippen molar-refractivity contribution in [1.82, 2.24) is 46.1 Å². The fourth-order valence-corrected chi connectivity index (χ4v) is 6.95. The van der Waals surface area contributed by atoms with Gasteiger partial charge in [0, 0.05) is 33.1 Å². The van der Waals surface area contributed by atoms with Crippen LogP contribution in [0.3, 0.4) is 0 Å². The second kappa shape index (κ2) is 17.8. The fraction of sp³-hybridized carbons (Fsp3) is 0.513. The van der Waals surface area contributed by atoms with E-state index < -0.39 is 53.8 Å². The standard InChI is InChI=1S/C39H53N9O6/c1-25-18-32-36(51)43-30(19-26-12-14-28(15-13-26)27-10-8-7-9-11-27)35(50)41-21-33(49)42-31(20-40-5)37(52)46(6)16-17-54-24-29-23-48(45-44-29)34(39(2,3)4)38(53)47(32)22-25/h7-15,23,25,30-32,34,40H,16-22,24H2,1-6H3,(H,41,50)(H,42,49)(H,43,51)/t25-,30-,31-,32+,34-/m1/s1. The number of ether oxygens (including phenoxy) is 1. The fourth-order valence-electron chi connectivity index (χ4n) is 6.95. The predicted molar refractivity (Wildman–Crippen MR) is 201 cm³/mol. The molecule has 0 radical (unpaired) electrons. The van der Waals surface area contributed by atoms with Crippen molar-refractivity contribution in [2.45, 2.75) is 71.3 Å². The van der Waals surface area contributed by atoms with Crippen molar-refractivity contribution in [3.63, 3.8) is 0 Å². The van der Waals surface area contributed by atoms with Crippen molar-refractivity contribution in [2.24, 2.45) is 11.3 Å². The average molecular weight is 744 g/mol. The van der Waals surface area contributed by atoms with Crippen molar-refractivity contribution in [3.05, 3.63) is 72.1 Å². The Morgan fingerprint density at radius 2 is 1.61 bits per heavy atom. The van der Waals surface area contributed by atoms with Crippen LogP contribution in [-0.4, -0.2) is 119 Å². The lowest BCUT2D eigenvalue weighted by atomic mass is 9.85. The van der Waals surface area contributed by atoms with Crippen molar-refractivity contribution >= 4 is 29.5 Å². The lowest BCUT2D eigenvalue weighted by Crippen LogP contribution is -2.57. The molecule has 1 fully saturated rings. The quantitative estimate of drug-likeness (QED) is 0.300. The molecule has 54 heavy (non-hydrogen) atoms. The van der Waals surface area contributed by atoms with Crippen LogP contribution in [0.1, 0.15) is 51.4 Å². The largest absolute Gasteiger partial charge is 0.373 e. The molecule has 5 rings (SSSR count). The summed E-state index contributed by atoms with van der Waals surface area (Å²) in [7, 11) is 3.28. The van der Waals surface area contributed by atoms with Gasteiger partial charge >= 0.3 is 0 Å². The van der Waals surface area contributed by atoms with E-state index in [9.17, 15) is 24.0 Å². The number of carbonyl (C=O) groups excluding carboxylic acids is 5. The molecule has 0 unspecified atom stereocenters. The Hall–Kier alpha value is -5.15. The number of hydrogen-bond donors (Lipinski definition) is 4. The summed E-state index contributed by atoms with van der Waals surface area (Å²) in [5.41, 5.74) is 2.72. The molecule has 5 atom stereocenters. The van der Waals surface area contributed by atoms with E-state index in [0.717, 1.165) is 16.7 Å². The average Bonchev–Trinajstić information content (AvgIpc) is 3.77. The minimum atomic E-state index is -1.07. The molecule has 1 saturated heterocycles. The van der Waals surface area contributed by atoms with Gasteiger partial charge in [-0.1, -0.05) is 87.5 Å². The number of nitrogens with zero attached hydrogens (tertiary/aromatic N) is 5. The lowest BCUT2D eigenvalue weighted by Gasteiger charge is -2.35. The van der Waals surface area contributed by atoms with Crippen molar-refractivity contribution < 1.29 is 28.7 Å². The smallest absolute Gasteiger partial charge is 0.248 e. The van der Waals surface area contributed by atoms with E-state index in [2.05, 4.69) is 31.6 Å². The van der Waals surface area contributed by atoms with Crippen LogP contribution in [-0.2, 0) is 41.7 Å². The monoisotopic (exact) mass is 743 g/mol. The van der Waals surface area contributed by atoms with E-state index in [0.29, 0.717) is 18.7 Å². The zero-order valence-corrected chi connectivity index (χ0v) is 32.0. The minimum Gasteiger partial charge on any atom is -0.373 e. The van der Waals surface area contributed by atoms with Gasteiger partial charge in [0.25, 0.3) is 0 Å². The molecule has 2 aromatic carbocycles. The normalized spacial score (nSPS) is 24.2. The molecule has 290 valence electrons. The Balaban J connectivity index is 1.45. The molecule has 5 amide bonds. The highest BCUT2D eigenvalue weighted by Crippen LogP contribution is 2.35. The molecule has 15 nitrogen and oxygen atoms in total. The summed E-state index contributed by atoms with van der Waals surface area (Å²) in [4.78, 5) is 71.9. The number of nitrogens with one attached hydrogen (secondary N) is 4. The van der Waals surface area contributed by atoms with Gasteiger partial charge in [0.05, 0.1) is 26.0 Å². The molecule has 0 spiro atoms. The first kappa shape index (κ1) is 40.0. The van der Waals surface area contributed by atoms with Crippen LogP contribution in [0.2, 0.25) is 0 Å². The van der Waals surface area contributed by atoms with Crippen LogP contribution in [0.5, 0.6) is 0 Å². The maximum Gasteiger partial charge on any atom is 0.248 e. The highest BCUT2D eigenvalue weighted by atomic mass is 16.5. The second-order valence-electron chi connectivity index (χ2n) is 15.3. The van der Waals surface area contributed by atoms with Gasteiger partial charge in [0.2, 0.25) is 29.5 Å². The molecule has 2 aliphatic heterocycles. The first-order chi connectivity index (χ1) is 25.7. The summed E-state index contributed by atoms with van der Waals surface area (Å²) in [6.45, 7) is 8.40. The van der Waals surface area contributed by atoms with Crippen LogP contribution < -0.4 is 21.3 Å². The second-order valence-corrected chi connectivity index (χ2v) is 15.3. The molecule has 3 aromatic rings. The third kappa shape index (κ3) is 10.1. The van der Waals surface area contributed by atoms with Gasteiger partial charge in [-0.3, -0.25) is 24.0 Å². The van der Waals surface area contributed by atoms with E-state index >= 15 is 0 Å². The number of fused-ring (bicyclic) bond motifs is 3.